The molecule has 1 amide bonds. The maximum atomic E-state index is 12.5. The second kappa shape index (κ2) is 10.7. The summed E-state index contributed by atoms with van der Waals surface area (Å²) >= 11 is 1.77. The van der Waals surface area contributed by atoms with E-state index in [2.05, 4.69) is 29.4 Å². The fraction of sp³-hybridized carbons (Fsp3) is 0.778. The van der Waals surface area contributed by atoms with Crippen LogP contribution in [0, 0.1) is 5.92 Å². The van der Waals surface area contributed by atoms with E-state index >= 15 is 0 Å². The number of carbonyl (C=O) groups excluding carboxylic acids is 1. The number of piperidine rings is 1. The minimum absolute atomic E-state index is 0. The van der Waals surface area contributed by atoms with Gasteiger partial charge in [0.1, 0.15) is 0 Å². The summed E-state index contributed by atoms with van der Waals surface area (Å²) in [6.07, 6.45) is 5.27. The molecule has 0 radical (unpaired) electrons. The average Bonchev–Trinajstić information content (AvgIpc) is 3.24. The van der Waals surface area contributed by atoms with E-state index in [-0.39, 0.29) is 24.8 Å². The van der Waals surface area contributed by atoms with Crippen LogP contribution in [-0.2, 0) is 4.79 Å². The summed E-state index contributed by atoms with van der Waals surface area (Å²) in [5, 5.41) is 6.80. The van der Waals surface area contributed by atoms with Crippen molar-refractivity contribution in [2.24, 2.45) is 5.92 Å². The first-order valence-corrected chi connectivity index (χ1v) is 9.95. The number of carbonyl (C=O) groups is 1. The van der Waals surface area contributed by atoms with Crippen molar-refractivity contribution in [1.29, 1.82) is 0 Å². The van der Waals surface area contributed by atoms with Crippen LogP contribution in [-0.4, -0.2) is 42.0 Å². The van der Waals surface area contributed by atoms with Gasteiger partial charge in [-0.1, -0.05) is 13.8 Å². The van der Waals surface area contributed by atoms with Crippen molar-refractivity contribution >= 4 is 42.1 Å². The third kappa shape index (κ3) is 6.09. The minimum Gasteiger partial charge on any atom is -0.342 e. The Morgan fingerprint density at radius 1 is 1.40 bits per heavy atom. The first-order chi connectivity index (χ1) is 11.1. The Hall–Kier alpha value is -0.360. The number of amides is 1. The summed E-state index contributed by atoms with van der Waals surface area (Å²) < 4.78 is 0. The van der Waals surface area contributed by atoms with Crippen LogP contribution >= 0.6 is 36.2 Å². The summed E-state index contributed by atoms with van der Waals surface area (Å²) in [5.41, 5.74) is 1.20. The molecule has 2 atom stereocenters. The van der Waals surface area contributed by atoms with E-state index in [1.54, 1.807) is 11.3 Å². The zero-order valence-corrected chi connectivity index (χ0v) is 17.7. The fourth-order valence-corrected chi connectivity index (χ4v) is 4.71. The van der Waals surface area contributed by atoms with Gasteiger partial charge in [0.05, 0.1) is 10.7 Å². The summed E-state index contributed by atoms with van der Waals surface area (Å²) in [7, 11) is 0. The third-order valence-corrected chi connectivity index (χ3v) is 6.21. The maximum absolute atomic E-state index is 12.5. The van der Waals surface area contributed by atoms with Crippen molar-refractivity contribution in [2.45, 2.75) is 57.8 Å². The fourth-order valence-electron chi connectivity index (χ4n) is 3.61. The van der Waals surface area contributed by atoms with Gasteiger partial charge < -0.3 is 10.2 Å². The molecule has 0 bridgehead atoms. The number of hydrogen-bond acceptors (Lipinski definition) is 4. The van der Waals surface area contributed by atoms with Gasteiger partial charge in [-0.2, -0.15) is 0 Å². The van der Waals surface area contributed by atoms with Crippen molar-refractivity contribution < 1.29 is 4.79 Å². The average molecular weight is 408 g/mol. The summed E-state index contributed by atoms with van der Waals surface area (Å²) in [6, 6.07) is 0. The van der Waals surface area contributed by atoms with E-state index in [0.717, 1.165) is 39.0 Å². The van der Waals surface area contributed by atoms with Crippen molar-refractivity contribution in [3.8, 4) is 0 Å². The Morgan fingerprint density at radius 3 is 2.84 bits per heavy atom. The van der Waals surface area contributed by atoms with Crippen LogP contribution in [0.4, 0.5) is 0 Å². The molecule has 1 aromatic heterocycles. The molecule has 0 aromatic carbocycles. The van der Waals surface area contributed by atoms with E-state index in [9.17, 15) is 4.79 Å². The lowest BCUT2D eigenvalue weighted by Gasteiger charge is -2.32. The van der Waals surface area contributed by atoms with E-state index < -0.39 is 0 Å². The Labute approximate surface area is 168 Å². The van der Waals surface area contributed by atoms with Crippen molar-refractivity contribution in [3.63, 3.8) is 0 Å². The van der Waals surface area contributed by atoms with Crippen LogP contribution in [0.1, 0.15) is 68.5 Å². The van der Waals surface area contributed by atoms with Crippen LogP contribution in [0.2, 0.25) is 0 Å². The predicted octanol–water partition coefficient (Wildman–Crippen LogP) is 4.21. The van der Waals surface area contributed by atoms with Crippen LogP contribution in [0.3, 0.4) is 0 Å². The van der Waals surface area contributed by atoms with Crippen LogP contribution < -0.4 is 5.32 Å². The molecule has 0 saturated carbocycles. The highest BCUT2D eigenvalue weighted by Crippen LogP contribution is 2.31. The number of halogens is 2. The van der Waals surface area contributed by atoms with E-state index in [0.29, 0.717) is 30.1 Å². The van der Waals surface area contributed by atoms with Crippen LogP contribution in [0.5, 0.6) is 0 Å². The quantitative estimate of drug-likeness (QED) is 0.794. The zero-order valence-electron chi connectivity index (χ0n) is 15.2. The molecule has 7 heteroatoms. The number of aromatic nitrogens is 1. The van der Waals surface area contributed by atoms with E-state index in [1.165, 1.54) is 23.5 Å². The smallest absolute Gasteiger partial charge is 0.222 e. The van der Waals surface area contributed by atoms with Crippen LogP contribution in [0.25, 0.3) is 0 Å². The zero-order chi connectivity index (χ0) is 16.2. The Morgan fingerprint density at radius 2 is 2.20 bits per heavy atom. The van der Waals surface area contributed by atoms with Gasteiger partial charge in [0.2, 0.25) is 5.91 Å². The lowest BCUT2D eigenvalue weighted by atomic mass is 9.97. The number of rotatable bonds is 5. The second-order valence-corrected chi connectivity index (χ2v) is 8.23. The first-order valence-electron chi connectivity index (χ1n) is 9.07. The van der Waals surface area contributed by atoms with Gasteiger partial charge in [0, 0.05) is 30.8 Å². The topological polar surface area (TPSA) is 45.2 Å². The molecule has 0 aliphatic carbocycles. The molecule has 1 aromatic rings. The normalized spacial score (nSPS) is 23.2. The Kier molecular flexibility index (Phi) is 9.71. The molecule has 3 heterocycles. The summed E-state index contributed by atoms with van der Waals surface area (Å²) in [5.74, 6) is 1.98. The van der Waals surface area contributed by atoms with Gasteiger partial charge in [-0.15, -0.1) is 36.2 Å². The SMILES string of the molecule is CC(C)c1csc(C2CCCN(C(=O)CCC3CCNC3)C2)n1.Cl.Cl. The number of thiazole rings is 1. The molecule has 2 fully saturated rings. The Balaban J connectivity index is 0.00000156. The largest absolute Gasteiger partial charge is 0.342 e. The molecule has 2 unspecified atom stereocenters. The van der Waals surface area contributed by atoms with Gasteiger partial charge in [-0.05, 0) is 50.6 Å². The van der Waals surface area contributed by atoms with Gasteiger partial charge >= 0.3 is 0 Å². The third-order valence-electron chi connectivity index (χ3n) is 5.18. The highest BCUT2D eigenvalue weighted by molar-refractivity contribution is 7.09. The first kappa shape index (κ1) is 22.7. The number of nitrogens with zero attached hydrogens (tertiary/aromatic N) is 2. The minimum atomic E-state index is 0. The molecular formula is C18H31Cl2N3OS. The highest BCUT2D eigenvalue weighted by Gasteiger charge is 2.27. The molecular weight excluding hydrogens is 377 g/mol. The Bertz CT molecular complexity index is 532. The number of likely N-dealkylation sites (tertiary alicyclic amines) is 1. The van der Waals surface area contributed by atoms with E-state index in [1.807, 2.05) is 0 Å². The molecule has 3 rings (SSSR count). The van der Waals surface area contributed by atoms with Gasteiger partial charge in [-0.3, -0.25) is 4.79 Å². The molecule has 2 aliphatic rings. The molecule has 1 N–H and O–H groups in total. The van der Waals surface area contributed by atoms with Gasteiger partial charge in [0.25, 0.3) is 0 Å². The summed E-state index contributed by atoms with van der Waals surface area (Å²) in [6.45, 7) is 8.38. The number of hydrogen-bond donors (Lipinski definition) is 1. The van der Waals surface area contributed by atoms with Crippen molar-refractivity contribution in [3.05, 3.63) is 16.1 Å². The highest BCUT2D eigenvalue weighted by atomic mass is 35.5. The standard InChI is InChI=1S/C18H29N3OS.2ClH/c1-13(2)16-12-23-18(20-16)15-4-3-9-21(11-15)17(22)6-5-14-7-8-19-10-14;;/h12-15,19H,3-11H2,1-2H3;2*1H. The lowest BCUT2D eigenvalue weighted by Crippen LogP contribution is -2.39. The monoisotopic (exact) mass is 407 g/mol. The molecule has 2 saturated heterocycles. The molecule has 144 valence electrons. The van der Waals surface area contributed by atoms with Gasteiger partial charge in [-0.25, -0.2) is 4.98 Å². The van der Waals surface area contributed by atoms with E-state index in [4.69, 9.17) is 4.98 Å². The van der Waals surface area contributed by atoms with Gasteiger partial charge in [0.15, 0.2) is 0 Å². The summed E-state index contributed by atoms with van der Waals surface area (Å²) in [4.78, 5) is 19.4. The maximum Gasteiger partial charge on any atom is 0.222 e. The second-order valence-electron chi connectivity index (χ2n) is 7.34. The van der Waals surface area contributed by atoms with Crippen LogP contribution in [0.15, 0.2) is 5.38 Å². The molecule has 25 heavy (non-hydrogen) atoms. The van der Waals surface area contributed by atoms with Crippen molar-refractivity contribution in [1.82, 2.24) is 15.2 Å². The molecule has 2 aliphatic heterocycles. The number of nitrogens with one attached hydrogen (secondary N) is 1. The molecule has 4 nitrogen and oxygen atoms in total. The lowest BCUT2D eigenvalue weighted by molar-refractivity contribution is -0.132. The molecule has 0 spiro atoms. The predicted molar refractivity (Wildman–Crippen MR) is 109 cm³/mol. The van der Waals surface area contributed by atoms with Crippen molar-refractivity contribution in [2.75, 3.05) is 26.2 Å².